The van der Waals surface area contributed by atoms with E-state index < -0.39 is 0 Å². The third-order valence-electron chi connectivity index (χ3n) is 2.64. The lowest BCUT2D eigenvalue weighted by Crippen LogP contribution is -1.90. The Bertz CT molecular complexity index is 574. The van der Waals surface area contributed by atoms with Crippen LogP contribution in [0, 0.1) is 11.3 Å². The first kappa shape index (κ1) is 11.1. The minimum absolute atomic E-state index is 0.0661. The van der Waals surface area contributed by atoms with Gasteiger partial charge in [-0.3, -0.25) is 4.79 Å². The predicted molar refractivity (Wildman–Crippen MR) is 66.6 cm³/mol. The number of hydrogen-bond acceptors (Lipinski definition) is 2. The average Bonchev–Trinajstić information content (AvgIpc) is 2.39. The maximum atomic E-state index is 11.1. The number of carbonyl (C=O) groups is 1. The number of ketones is 1. The molecule has 82 valence electrons. The van der Waals surface area contributed by atoms with Crippen molar-refractivity contribution in [2.45, 2.75) is 6.92 Å². The van der Waals surface area contributed by atoms with Gasteiger partial charge in [0.2, 0.25) is 0 Å². The molecule has 0 aliphatic carbocycles. The van der Waals surface area contributed by atoms with Crippen molar-refractivity contribution in [2.75, 3.05) is 0 Å². The number of hydrogen-bond donors (Lipinski definition) is 0. The van der Waals surface area contributed by atoms with E-state index in [9.17, 15) is 4.79 Å². The van der Waals surface area contributed by atoms with Crippen molar-refractivity contribution >= 4 is 5.78 Å². The number of benzene rings is 2. The molecule has 0 aromatic heterocycles. The third-order valence-corrected chi connectivity index (χ3v) is 2.64. The molecule has 0 fully saturated rings. The molecule has 0 unspecified atom stereocenters. The molecule has 0 heterocycles. The van der Waals surface area contributed by atoms with Gasteiger partial charge in [0.15, 0.2) is 5.78 Å². The molecular formula is C15H11NO. The largest absolute Gasteiger partial charge is 0.295 e. The molecule has 0 aliphatic rings. The van der Waals surface area contributed by atoms with Crippen molar-refractivity contribution in [1.29, 1.82) is 5.26 Å². The van der Waals surface area contributed by atoms with E-state index in [1.54, 1.807) is 19.1 Å². The van der Waals surface area contributed by atoms with Crippen LogP contribution in [-0.2, 0) is 0 Å². The summed E-state index contributed by atoms with van der Waals surface area (Å²) in [6, 6.07) is 16.9. The van der Waals surface area contributed by atoms with Crippen LogP contribution in [0.25, 0.3) is 11.1 Å². The first-order chi connectivity index (χ1) is 8.20. The lowest BCUT2D eigenvalue weighted by atomic mass is 10.0. The minimum atomic E-state index is 0.0661. The Hall–Kier alpha value is -2.40. The van der Waals surface area contributed by atoms with E-state index in [1.165, 1.54) is 0 Å². The van der Waals surface area contributed by atoms with Crippen LogP contribution in [0.2, 0.25) is 0 Å². The van der Waals surface area contributed by atoms with Gasteiger partial charge in [-0.2, -0.15) is 5.26 Å². The average molecular weight is 221 g/mol. The summed E-state index contributed by atoms with van der Waals surface area (Å²) < 4.78 is 0. The van der Waals surface area contributed by atoms with Crippen LogP contribution in [0.3, 0.4) is 0 Å². The highest BCUT2D eigenvalue weighted by Crippen LogP contribution is 2.20. The first-order valence-corrected chi connectivity index (χ1v) is 5.32. The van der Waals surface area contributed by atoms with Crippen molar-refractivity contribution in [3.63, 3.8) is 0 Å². The minimum Gasteiger partial charge on any atom is -0.295 e. The molecule has 17 heavy (non-hydrogen) atoms. The van der Waals surface area contributed by atoms with Gasteiger partial charge in [0, 0.05) is 5.56 Å². The van der Waals surface area contributed by atoms with Crippen LogP contribution < -0.4 is 0 Å². The van der Waals surface area contributed by atoms with Crippen molar-refractivity contribution in [2.24, 2.45) is 0 Å². The van der Waals surface area contributed by atoms with E-state index in [1.807, 2.05) is 36.4 Å². The summed E-state index contributed by atoms with van der Waals surface area (Å²) in [5, 5.41) is 8.71. The molecule has 2 aromatic rings. The fourth-order valence-corrected chi connectivity index (χ4v) is 1.63. The SMILES string of the molecule is CC(=O)c1ccc(-c2ccc(C#N)cc2)cc1. The van der Waals surface area contributed by atoms with Crippen LogP contribution in [-0.4, -0.2) is 5.78 Å². The van der Waals surface area contributed by atoms with Crippen LogP contribution >= 0.6 is 0 Å². The second-order valence-corrected chi connectivity index (χ2v) is 3.82. The van der Waals surface area contributed by atoms with E-state index in [0.29, 0.717) is 11.1 Å². The summed E-state index contributed by atoms with van der Waals surface area (Å²) in [7, 11) is 0. The molecule has 0 spiro atoms. The van der Waals surface area contributed by atoms with E-state index in [2.05, 4.69) is 6.07 Å². The quantitative estimate of drug-likeness (QED) is 0.729. The Kier molecular flexibility index (Phi) is 3.02. The molecule has 0 saturated carbocycles. The molecule has 0 N–H and O–H groups in total. The van der Waals surface area contributed by atoms with Gasteiger partial charge in [-0.1, -0.05) is 36.4 Å². The third kappa shape index (κ3) is 2.40. The number of rotatable bonds is 2. The number of nitriles is 1. The summed E-state index contributed by atoms with van der Waals surface area (Å²) >= 11 is 0. The van der Waals surface area contributed by atoms with Gasteiger partial charge in [0.1, 0.15) is 0 Å². The highest BCUT2D eigenvalue weighted by atomic mass is 16.1. The zero-order valence-corrected chi connectivity index (χ0v) is 9.47. The summed E-state index contributed by atoms with van der Waals surface area (Å²) in [4.78, 5) is 11.1. The summed E-state index contributed by atoms with van der Waals surface area (Å²) in [6.45, 7) is 1.55. The van der Waals surface area contributed by atoms with Gasteiger partial charge in [0.25, 0.3) is 0 Å². The summed E-state index contributed by atoms with van der Waals surface area (Å²) in [5.74, 6) is 0.0661. The van der Waals surface area contributed by atoms with Crippen molar-refractivity contribution in [1.82, 2.24) is 0 Å². The van der Waals surface area contributed by atoms with Gasteiger partial charge >= 0.3 is 0 Å². The highest BCUT2D eigenvalue weighted by Gasteiger charge is 2.01. The Morgan fingerprint density at radius 2 is 1.41 bits per heavy atom. The number of nitrogens with zero attached hydrogens (tertiary/aromatic N) is 1. The van der Waals surface area contributed by atoms with Crippen LogP contribution in [0.4, 0.5) is 0 Å². The first-order valence-electron chi connectivity index (χ1n) is 5.32. The topological polar surface area (TPSA) is 40.9 Å². The molecule has 2 nitrogen and oxygen atoms in total. The molecule has 2 aromatic carbocycles. The number of carbonyl (C=O) groups excluding carboxylic acids is 1. The Morgan fingerprint density at radius 1 is 0.941 bits per heavy atom. The second kappa shape index (κ2) is 4.63. The maximum Gasteiger partial charge on any atom is 0.159 e. The van der Waals surface area contributed by atoms with E-state index in [0.717, 1.165) is 11.1 Å². The van der Waals surface area contributed by atoms with Crippen molar-refractivity contribution < 1.29 is 4.79 Å². The molecule has 0 saturated heterocycles. The smallest absolute Gasteiger partial charge is 0.159 e. The Morgan fingerprint density at radius 3 is 1.82 bits per heavy atom. The van der Waals surface area contributed by atoms with Crippen LogP contribution in [0.5, 0.6) is 0 Å². The summed E-state index contributed by atoms with van der Waals surface area (Å²) in [5.41, 5.74) is 3.44. The molecular weight excluding hydrogens is 210 g/mol. The molecule has 0 aliphatic heterocycles. The molecule has 2 heteroatoms. The lowest BCUT2D eigenvalue weighted by Gasteiger charge is -2.02. The maximum absolute atomic E-state index is 11.1. The molecule has 2 rings (SSSR count). The zero-order valence-electron chi connectivity index (χ0n) is 9.47. The van der Waals surface area contributed by atoms with Gasteiger partial charge in [-0.25, -0.2) is 0 Å². The second-order valence-electron chi connectivity index (χ2n) is 3.82. The molecule has 0 atom stereocenters. The molecule has 0 amide bonds. The predicted octanol–water partition coefficient (Wildman–Crippen LogP) is 3.43. The lowest BCUT2D eigenvalue weighted by molar-refractivity contribution is 0.101. The normalized spacial score (nSPS) is 9.65. The van der Waals surface area contributed by atoms with Gasteiger partial charge in [-0.05, 0) is 30.2 Å². The zero-order chi connectivity index (χ0) is 12.3. The fourth-order valence-electron chi connectivity index (χ4n) is 1.63. The highest BCUT2D eigenvalue weighted by molar-refractivity contribution is 5.94. The van der Waals surface area contributed by atoms with E-state index >= 15 is 0 Å². The molecule has 0 radical (unpaired) electrons. The standard InChI is InChI=1S/C15H11NO/c1-11(17)13-6-8-15(9-7-13)14-4-2-12(10-16)3-5-14/h2-9H,1H3. The fraction of sp³-hybridized carbons (Fsp3) is 0.0667. The monoisotopic (exact) mass is 221 g/mol. The molecule has 0 bridgehead atoms. The summed E-state index contributed by atoms with van der Waals surface area (Å²) in [6.07, 6.45) is 0. The van der Waals surface area contributed by atoms with Crippen LogP contribution in [0.15, 0.2) is 48.5 Å². The van der Waals surface area contributed by atoms with Gasteiger partial charge in [-0.15, -0.1) is 0 Å². The van der Waals surface area contributed by atoms with E-state index in [-0.39, 0.29) is 5.78 Å². The van der Waals surface area contributed by atoms with Crippen molar-refractivity contribution in [3.05, 3.63) is 59.7 Å². The van der Waals surface area contributed by atoms with Gasteiger partial charge < -0.3 is 0 Å². The Labute approximate surface area is 100 Å². The van der Waals surface area contributed by atoms with Gasteiger partial charge in [0.05, 0.1) is 11.6 Å². The van der Waals surface area contributed by atoms with Crippen molar-refractivity contribution in [3.8, 4) is 17.2 Å². The number of Topliss-reactive ketones (excluding diaryl/α,β-unsaturated/α-hetero) is 1. The van der Waals surface area contributed by atoms with Crippen LogP contribution in [0.1, 0.15) is 22.8 Å². The van der Waals surface area contributed by atoms with E-state index in [4.69, 9.17) is 5.26 Å². The Balaban J connectivity index is 2.33.